The van der Waals surface area contributed by atoms with E-state index in [4.69, 9.17) is 11.6 Å². The quantitative estimate of drug-likeness (QED) is 0.782. The van der Waals surface area contributed by atoms with Gasteiger partial charge in [-0.2, -0.15) is 0 Å². The Morgan fingerprint density at radius 2 is 2.43 bits per heavy atom. The Balaban J connectivity index is 2.15. The summed E-state index contributed by atoms with van der Waals surface area (Å²) in [6.07, 6.45) is 2.24. The molecular formula is C10H15BrClNS. The van der Waals surface area contributed by atoms with Crippen LogP contribution in [0.25, 0.3) is 0 Å². The first-order valence-electron chi connectivity index (χ1n) is 4.80. The standard InChI is InChI=1S/C10H15BrClNS/c1-2-3-9(12)5-13-6-10-4-8(11)7-14-10/h4,7,9,13H,2-3,5-6H2,1H3. The fourth-order valence-corrected chi connectivity index (χ4v) is 2.96. The maximum absolute atomic E-state index is 6.08. The summed E-state index contributed by atoms with van der Waals surface area (Å²) < 4.78 is 1.16. The van der Waals surface area contributed by atoms with E-state index in [0.29, 0.717) is 0 Å². The molecule has 1 aromatic rings. The normalized spacial score (nSPS) is 13.1. The zero-order valence-electron chi connectivity index (χ0n) is 8.22. The molecule has 0 spiro atoms. The van der Waals surface area contributed by atoms with E-state index in [0.717, 1.165) is 30.4 Å². The molecule has 0 fully saturated rings. The summed E-state index contributed by atoms with van der Waals surface area (Å²) in [6, 6.07) is 2.14. The maximum Gasteiger partial charge on any atom is 0.0460 e. The smallest absolute Gasteiger partial charge is 0.0460 e. The van der Waals surface area contributed by atoms with Crippen molar-refractivity contribution in [1.82, 2.24) is 5.32 Å². The summed E-state index contributed by atoms with van der Waals surface area (Å²) in [5, 5.41) is 5.72. The van der Waals surface area contributed by atoms with Crippen LogP contribution in [-0.4, -0.2) is 11.9 Å². The van der Waals surface area contributed by atoms with Gasteiger partial charge in [-0.05, 0) is 28.4 Å². The summed E-state index contributed by atoms with van der Waals surface area (Å²) in [5.41, 5.74) is 0. The first-order valence-corrected chi connectivity index (χ1v) is 6.91. The average Bonchev–Trinajstić information content (AvgIpc) is 2.52. The Kier molecular flexibility index (Phi) is 6.10. The van der Waals surface area contributed by atoms with E-state index in [1.54, 1.807) is 11.3 Å². The second kappa shape index (κ2) is 6.83. The molecule has 0 radical (unpaired) electrons. The van der Waals surface area contributed by atoms with Crippen LogP contribution in [0.3, 0.4) is 0 Å². The van der Waals surface area contributed by atoms with Gasteiger partial charge < -0.3 is 5.32 Å². The summed E-state index contributed by atoms with van der Waals surface area (Å²) in [6.45, 7) is 3.97. The number of hydrogen-bond acceptors (Lipinski definition) is 2. The Hall–Kier alpha value is 0.430. The fourth-order valence-electron chi connectivity index (χ4n) is 1.21. The minimum Gasteiger partial charge on any atom is -0.310 e. The maximum atomic E-state index is 6.08. The number of nitrogens with one attached hydrogen (secondary N) is 1. The molecule has 0 saturated carbocycles. The van der Waals surface area contributed by atoms with E-state index < -0.39 is 0 Å². The topological polar surface area (TPSA) is 12.0 Å². The van der Waals surface area contributed by atoms with Crippen molar-refractivity contribution in [1.29, 1.82) is 0 Å². The van der Waals surface area contributed by atoms with E-state index in [2.05, 4.69) is 39.6 Å². The largest absolute Gasteiger partial charge is 0.310 e. The summed E-state index contributed by atoms with van der Waals surface area (Å²) >= 11 is 11.3. The second-order valence-electron chi connectivity index (χ2n) is 3.25. The van der Waals surface area contributed by atoms with Crippen molar-refractivity contribution in [2.45, 2.75) is 31.7 Å². The van der Waals surface area contributed by atoms with Gasteiger partial charge in [0.15, 0.2) is 0 Å². The molecule has 1 rings (SSSR count). The van der Waals surface area contributed by atoms with E-state index in [-0.39, 0.29) is 5.38 Å². The van der Waals surface area contributed by atoms with Crippen LogP contribution in [0.4, 0.5) is 0 Å². The highest BCUT2D eigenvalue weighted by Gasteiger charge is 2.02. The van der Waals surface area contributed by atoms with Crippen LogP contribution in [0.15, 0.2) is 15.9 Å². The molecule has 0 bridgehead atoms. The van der Waals surface area contributed by atoms with Gasteiger partial charge in [-0.3, -0.25) is 0 Å². The Morgan fingerprint density at radius 3 is 3.00 bits per heavy atom. The molecule has 1 N–H and O–H groups in total. The first-order chi connectivity index (χ1) is 6.72. The van der Waals surface area contributed by atoms with E-state index in [1.165, 1.54) is 4.88 Å². The SMILES string of the molecule is CCCC(Cl)CNCc1cc(Br)cs1. The van der Waals surface area contributed by atoms with Gasteiger partial charge in [0.2, 0.25) is 0 Å². The van der Waals surface area contributed by atoms with Gasteiger partial charge in [0.25, 0.3) is 0 Å². The third-order valence-corrected chi connectivity index (χ3v) is 3.96. The lowest BCUT2D eigenvalue weighted by Crippen LogP contribution is -2.22. The highest BCUT2D eigenvalue weighted by molar-refractivity contribution is 9.10. The number of hydrogen-bond donors (Lipinski definition) is 1. The van der Waals surface area contributed by atoms with Crippen molar-refractivity contribution in [3.8, 4) is 0 Å². The van der Waals surface area contributed by atoms with Gasteiger partial charge >= 0.3 is 0 Å². The Morgan fingerprint density at radius 1 is 1.64 bits per heavy atom. The van der Waals surface area contributed by atoms with Crippen LogP contribution < -0.4 is 5.32 Å². The zero-order chi connectivity index (χ0) is 10.4. The van der Waals surface area contributed by atoms with Crippen molar-refractivity contribution in [2.24, 2.45) is 0 Å². The molecule has 0 amide bonds. The third-order valence-electron chi connectivity index (χ3n) is 1.89. The number of thiophene rings is 1. The van der Waals surface area contributed by atoms with E-state index in [9.17, 15) is 0 Å². The molecule has 1 nitrogen and oxygen atoms in total. The van der Waals surface area contributed by atoms with Crippen molar-refractivity contribution in [2.75, 3.05) is 6.54 Å². The highest BCUT2D eigenvalue weighted by Crippen LogP contribution is 2.19. The zero-order valence-corrected chi connectivity index (χ0v) is 11.4. The van der Waals surface area contributed by atoms with Gasteiger partial charge in [0, 0.05) is 33.2 Å². The molecule has 1 heterocycles. The lowest BCUT2D eigenvalue weighted by Gasteiger charge is -2.08. The second-order valence-corrected chi connectivity index (χ2v) is 5.78. The van der Waals surface area contributed by atoms with Crippen molar-refractivity contribution >= 4 is 38.9 Å². The van der Waals surface area contributed by atoms with Crippen LogP contribution in [0.2, 0.25) is 0 Å². The lowest BCUT2D eigenvalue weighted by molar-refractivity contribution is 0.627. The molecule has 0 aromatic carbocycles. The lowest BCUT2D eigenvalue weighted by atomic mass is 10.2. The van der Waals surface area contributed by atoms with Crippen molar-refractivity contribution in [3.05, 3.63) is 20.8 Å². The highest BCUT2D eigenvalue weighted by atomic mass is 79.9. The van der Waals surface area contributed by atoms with Crippen molar-refractivity contribution in [3.63, 3.8) is 0 Å². The van der Waals surface area contributed by atoms with Crippen LogP contribution in [0.1, 0.15) is 24.6 Å². The van der Waals surface area contributed by atoms with E-state index in [1.807, 2.05) is 0 Å². The van der Waals surface area contributed by atoms with Crippen LogP contribution >= 0.6 is 38.9 Å². The third kappa shape index (κ3) is 4.78. The minimum absolute atomic E-state index is 0.267. The van der Waals surface area contributed by atoms with Gasteiger partial charge in [-0.15, -0.1) is 22.9 Å². The molecule has 1 atom stereocenters. The van der Waals surface area contributed by atoms with Gasteiger partial charge in [0.1, 0.15) is 0 Å². The van der Waals surface area contributed by atoms with Gasteiger partial charge in [-0.25, -0.2) is 0 Å². The van der Waals surface area contributed by atoms with Gasteiger partial charge in [0.05, 0.1) is 0 Å². The van der Waals surface area contributed by atoms with Crippen LogP contribution in [-0.2, 0) is 6.54 Å². The molecule has 4 heteroatoms. The molecule has 1 aromatic heterocycles. The number of rotatable bonds is 6. The molecule has 0 saturated heterocycles. The molecular weight excluding hydrogens is 282 g/mol. The fraction of sp³-hybridized carbons (Fsp3) is 0.600. The Labute approximate surface area is 103 Å². The molecule has 0 aliphatic rings. The minimum atomic E-state index is 0.267. The number of halogens is 2. The molecule has 14 heavy (non-hydrogen) atoms. The van der Waals surface area contributed by atoms with E-state index >= 15 is 0 Å². The summed E-state index contributed by atoms with van der Waals surface area (Å²) in [7, 11) is 0. The predicted octanol–water partition coefficient (Wildman–Crippen LogP) is 4.01. The summed E-state index contributed by atoms with van der Waals surface area (Å²) in [4.78, 5) is 1.34. The molecule has 1 unspecified atom stereocenters. The van der Waals surface area contributed by atoms with Crippen LogP contribution in [0, 0.1) is 0 Å². The Bertz CT molecular complexity index is 264. The predicted molar refractivity (Wildman–Crippen MR) is 68.3 cm³/mol. The number of alkyl halides is 1. The average molecular weight is 297 g/mol. The monoisotopic (exact) mass is 295 g/mol. The van der Waals surface area contributed by atoms with Crippen molar-refractivity contribution < 1.29 is 0 Å². The first kappa shape index (κ1) is 12.5. The molecule has 0 aliphatic carbocycles. The molecule has 0 aliphatic heterocycles. The van der Waals surface area contributed by atoms with Gasteiger partial charge in [-0.1, -0.05) is 13.3 Å². The van der Waals surface area contributed by atoms with Crippen LogP contribution in [0.5, 0.6) is 0 Å². The summed E-state index contributed by atoms with van der Waals surface area (Å²) in [5.74, 6) is 0. The molecule has 80 valence electrons.